The van der Waals surface area contributed by atoms with Crippen molar-refractivity contribution in [3.8, 4) is 11.5 Å². The molecule has 5 heteroatoms. The summed E-state index contributed by atoms with van der Waals surface area (Å²) in [6.07, 6.45) is 1.10. The van der Waals surface area contributed by atoms with Crippen LogP contribution in [0.5, 0.6) is 11.5 Å². The van der Waals surface area contributed by atoms with Gasteiger partial charge in [0.05, 0.1) is 16.7 Å². The summed E-state index contributed by atoms with van der Waals surface area (Å²) in [5.41, 5.74) is 2.13. The molecular weight excluding hydrogens is 357 g/mol. The molecule has 0 bridgehead atoms. The predicted molar refractivity (Wildman–Crippen MR) is 105 cm³/mol. The van der Waals surface area contributed by atoms with Gasteiger partial charge in [-0.1, -0.05) is 42.3 Å². The van der Waals surface area contributed by atoms with E-state index in [4.69, 9.17) is 32.7 Å². The molecule has 136 valence electrons. The van der Waals surface area contributed by atoms with Crippen molar-refractivity contribution in [3.05, 3.63) is 57.6 Å². The first-order valence-electron chi connectivity index (χ1n) is 8.59. The van der Waals surface area contributed by atoms with Crippen LogP contribution in [0.1, 0.15) is 38.3 Å². The van der Waals surface area contributed by atoms with Gasteiger partial charge < -0.3 is 14.8 Å². The van der Waals surface area contributed by atoms with Crippen molar-refractivity contribution < 1.29 is 9.47 Å². The number of ether oxygens (including phenoxy) is 2. The summed E-state index contributed by atoms with van der Waals surface area (Å²) < 4.78 is 11.7. The summed E-state index contributed by atoms with van der Waals surface area (Å²) in [5, 5.41) is 4.55. The van der Waals surface area contributed by atoms with Crippen LogP contribution in [0, 0.1) is 0 Å². The quantitative estimate of drug-likeness (QED) is 0.589. The molecule has 25 heavy (non-hydrogen) atoms. The van der Waals surface area contributed by atoms with Crippen molar-refractivity contribution in [3.63, 3.8) is 0 Å². The van der Waals surface area contributed by atoms with Crippen molar-refractivity contribution >= 4 is 23.2 Å². The minimum Gasteiger partial charge on any atom is -0.490 e. The smallest absolute Gasteiger partial charge is 0.161 e. The van der Waals surface area contributed by atoms with Crippen LogP contribution >= 0.6 is 23.2 Å². The van der Waals surface area contributed by atoms with E-state index >= 15 is 0 Å². The van der Waals surface area contributed by atoms with Crippen molar-refractivity contribution in [2.45, 2.75) is 46.4 Å². The minimum atomic E-state index is 0.404. The van der Waals surface area contributed by atoms with Crippen LogP contribution in [0.2, 0.25) is 10.0 Å². The van der Waals surface area contributed by atoms with E-state index in [0.717, 1.165) is 30.0 Å². The van der Waals surface area contributed by atoms with Crippen molar-refractivity contribution in [2.24, 2.45) is 0 Å². The van der Waals surface area contributed by atoms with Gasteiger partial charge in [0.1, 0.15) is 6.61 Å². The average Bonchev–Trinajstić information content (AvgIpc) is 2.62. The normalized spacial score (nSPS) is 12.0. The van der Waals surface area contributed by atoms with E-state index in [1.165, 1.54) is 5.56 Å². The third-order valence-corrected chi connectivity index (χ3v) is 4.69. The van der Waals surface area contributed by atoms with Gasteiger partial charge >= 0.3 is 0 Å². The van der Waals surface area contributed by atoms with E-state index in [2.05, 4.69) is 25.2 Å². The van der Waals surface area contributed by atoms with Crippen LogP contribution in [-0.2, 0) is 13.2 Å². The van der Waals surface area contributed by atoms with Crippen LogP contribution in [0.25, 0.3) is 0 Å². The summed E-state index contributed by atoms with van der Waals surface area (Å²) in [6, 6.07) is 12.0. The van der Waals surface area contributed by atoms with Crippen LogP contribution in [0.4, 0.5) is 0 Å². The first kappa shape index (κ1) is 19.9. The third kappa shape index (κ3) is 6.10. The summed E-state index contributed by atoms with van der Waals surface area (Å²) in [7, 11) is 0. The van der Waals surface area contributed by atoms with E-state index in [1.807, 2.05) is 31.2 Å². The van der Waals surface area contributed by atoms with Gasteiger partial charge in [-0.3, -0.25) is 0 Å². The molecule has 3 nitrogen and oxygen atoms in total. The van der Waals surface area contributed by atoms with Gasteiger partial charge in [0.2, 0.25) is 0 Å². The van der Waals surface area contributed by atoms with Crippen molar-refractivity contribution in [1.82, 2.24) is 5.32 Å². The topological polar surface area (TPSA) is 30.5 Å². The molecule has 0 radical (unpaired) electrons. The lowest BCUT2D eigenvalue weighted by Gasteiger charge is -2.15. The van der Waals surface area contributed by atoms with Gasteiger partial charge in [-0.2, -0.15) is 0 Å². The molecule has 0 aliphatic rings. The van der Waals surface area contributed by atoms with Crippen molar-refractivity contribution in [2.75, 3.05) is 6.61 Å². The van der Waals surface area contributed by atoms with E-state index in [9.17, 15) is 0 Å². The summed E-state index contributed by atoms with van der Waals surface area (Å²) in [4.78, 5) is 0. The summed E-state index contributed by atoms with van der Waals surface area (Å²) in [6.45, 7) is 8.11. The Bertz CT molecular complexity index is 691. The molecule has 0 aliphatic carbocycles. The lowest BCUT2D eigenvalue weighted by molar-refractivity contribution is 0.269. The highest BCUT2D eigenvalue weighted by Gasteiger charge is 2.08. The van der Waals surface area contributed by atoms with Crippen LogP contribution in [0.15, 0.2) is 36.4 Å². The fourth-order valence-electron chi connectivity index (χ4n) is 2.28. The maximum Gasteiger partial charge on any atom is 0.161 e. The van der Waals surface area contributed by atoms with Crippen LogP contribution in [0.3, 0.4) is 0 Å². The molecule has 0 aromatic heterocycles. The Morgan fingerprint density at radius 1 is 0.920 bits per heavy atom. The fraction of sp³-hybridized carbons (Fsp3) is 0.400. The monoisotopic (exact) mass is 381 g/mol. The Labute approximate surface area is 160 Å². The molecule has 0 aliphatic heterocycles. The summed E-state index contributed by atoms with van der Waals surface area (Å²) in [5.74, 6) is 1.48. The molecule has 0 saturated heterocycles. The van der Waals surface area contributed by atoms with E-state index < -0.39 is 0 Å². The molecule has 0 spiro atoms. The lowest BCUT2D eigenvalue weighted by atomic mass is 10.1. The second kappa shape index (κ2) is 9.91. The highest BCUT2D eigenvalue weighted by molar-refractivity contribution is 6.42. The Morgan fingerprint density at radius 2 is 1.68 bits per heavy atom. The average molecular weight is 382 g/mol. The molecule has 0 amide bonds. The second-order valence-electron chi connectivity index (χ2n) is 5.94. The maximum atomic E-state index is 6.05. The molecule has 1 atom stereocenters. The van der Waals surface area contributed by atoms with Crippen LogP contribution < -0.4 is 14.8 Å². The molecule has 2 rings (SSSR count). The molecule has 0 unspecified atom stereocenters. The predicted octanol–water partition coefficient (Wildman–Crippen LogP) is 5.86. The number of halogens is 2. The molecule has 2 aromatic carbocycles. The number of hydrogen-bond acceptors (Lipinski definition) is 3. The Hall–Kier alpha value is -1.42. The Balaban J connectivity index is 2.06. The highest BCUT2D eigenvalue weighted by Crippen LogP contribution is 2.30. The number of nitrogens with one attached hydrogen (secondary N) is 1. The fourth-order valence-corrected chi connectivity index (χ4v) is 2.60. The van der Waals surface area contributed by atoms with E-state index in [0.29, 0.717) is 29.3 Å². The van der Waals surface area contributed by atoms with Gasteiger partial charge in [0.25, 0.3) is 0 Å². The largest absolute Gasteiger partial charge is 0.490 e. The first-order valence-corrected chi connectivity index (χ1v) is 9.34. The third-order valence-electron chi connectivity index (χ3n) is 3.95. The maximum absolute atomic E-state index is 6.05. The lowest BCUT2D eigenvalue weighted by Crippen LogP contribution is -2.24. The second-order valence-corrected chi connectivity index (χ2v) is 6.76. The van der Waals surface area contributed by atoms with Gasteiger partial charge in [0.15, 0.2) is 11.5 Å². The van der Waals surface area contributed by atoms with Gasteiger partial charge in [-0.15, -0.1) is 0 Å². The summed E-state index contributed by atoms with van der Waals surface area (Å²) >= 11 is 12.0. The van der Waals surface area contributed by atoms with Gasteiger partial charge in [-0.25, -0.2) is 0 Å². The standard InChI is InChI=1S/C20H25Cl2NO2/c1-4-14(3)23-12-15-7-9-19(20(11-15)24-5-2)25-13-16-6-8-17(21)18(22)10-16/h6-11,14,23H,4-5,12-13H2,1-3H3/t14-/m1/s1. The molecule has 0 saturated carbocycles. The number of hydrogen-bond donors (Lipinski definition) is 1. The van der Waals surface area contributed by atoms with E-state index in [1.54, 1.807) is 6.07 Å². The Morgan fingerprint density at radius 3 is 2.36 bits per heavy atom. The van der Waals surface area contributed by atoms with Crippen molar-refractivity contribution in [1.29, 1.82) is 0 Å². The molecule has 1 N–H and O–H groups in total. The van der Waals surface area contributed by atoms with Gasteiger partial charge in [-0.05, 0) is 55.7 Å². The van der Waals surface area contributed by atoms with Gasteiger partial charge in [0, 0.05) is 12.6 Å². The molecule has 0 heterocycles. The zero-order chi connectivity index (χ0) is 18.2. The number of benzene rings is 2. The SMILES string of the molecule is CCOc1cc(CN[C@H](C)CC)ccc1OCc1ccc(Cl)c(Cl)c1. The molecular formula is C20H25Cl2NO2. The zero-order valence-electron chi connectivity index (χ0n) is 14.9. The number of rotatable bonds is 9. The first-order chi connectivity index (χ1) is 12.0. The zero-order valence-corrected chi connectivity index (χ0v) is 16.5. The highest BCUT2D eigenvalue weighted by atomic mass is 35.5. The Kier molecular flexibility index (Phi) is 7.89. The minimum absolute atomic E-state index is 0.404. The van der Waals surface area contributed by atoms with E-state index in [-0.39, 0.29) is 0 Å². The van der Waals surface area contributed by atoms with Crippen LogP contribution in [-0.4, -0.2) is 12.6 Å². The molecule has 2 aromatic rings. The molecule has 0 fully saturated rings.